The van der Waals surface area contributed by atoms with Crippen molar-refractivity contribution in [2.45, 2.75) is 69.9 Å². The number of terminal acetylenes is 1. The Morgan fingerprint density at radius 1 is 0.873 bits per heavy atom. The zero-order valence-electron chi connectivity index (χ0n) is 39.6. The van der Waals surface area contributed by atoms with Crippen LogP contribution in [0.4, 0.5) is 20.3 Å². The number of hydrogen-bond acceptors (Lipinski definition) is 14. The molecule has 2 aromatic heterocycles. The van der Waals surface area contributed by atoms with Gasteiger partial charge in [-0.15, -0.1) is 6.42 Å². The Balaban J connectivity index is 0.726. The van der Waals surface area contributed by atoms with E-state index in [1.807, 2.05) is 11.0 Å². The van der Waals surface area contributed by atoms with Crippen LogP contribution in [0.3, 0.4) is 0 Å². The van der Waals surface area contributed by atoms with Crippen molar-refractivity contribution >= 4 is 56.8 Å². The van der Waals surface area contributed by atoms with E-state index in [0.717, 1.165) is 88.6 Å². The van der Waals surface area contributed by atoms with E-state index in [1.54, 1.807) is 19.1 Å². The molecule has 0 spiro atoms. The number of carbonyl (C=O) groups excluding carboxylic acids is 4. The topological polar surface area (TPSA) is 185 Å². The predicted octanol–water partition coefficient (Wildman–Crippen LogP) is 5.26. The van der Waals surface area contributed by atoms with Crippen LogP contribution in [0.15, 0.2) is 48.7 Å². The Labute approximate surface area is 409 Å². The lowest BCUT2D eigenvalue weighted by Gasteiger charge is -2.40. The zero-order chi connectivity index (χ0) is 49.3. The summed E-state index contributed by atoms with van der Waals surface area (Å²) in [6, 6.07) is 9.76. The third kappa shape index (κ3) is 8.88. The third-order valence-electron chi connectivity index (χ3n) is 15.5. The minimum absolute atomic E-state index is 0.00298. The van der Waals surface area contributed by atoms with Gasteiger partial charge >= 0.3 is 6.01 Å². The van der Waals surface area contributed by atoms with E-state index in [0.29, 0.717) is 54.1 Å². The summed E-state index contributed by atoms with van der Waals surface area (Å²) < 4.78 is 38.5. The van der Waals surface area contributed by atoms with Crippen molar-refractivity contribution in [3.8, 4) is 35.4 Å². The number of phenols is 1. The minimum atomic E-state index is -0.997. The van der Waals surface area contributed by atoms with Crippen LogP contribution in [-0.2, 0) is 9.59 Å². The molecule has 368 valence electrons. The van der Waals surface area contributed by atoms with Gasteiger partial charge in [0.1, 0.15) is 34.6 Å². The second-order valence-electron chi connectivity index (χ2n) is 20.7. The summed E-state index contributed by atoms with van der Waals surface area (Å²) in [6.07, 6.45) is 12.6. The minimum Gasteiger partial charge on any atom is -0.508 e. The molecule has 2 atom stereocenters. The summed E-state index contributed by atoms with van der Waals surface area (Å²) in [4.78, 5) is 75.0. The number of nitrogens with one attached hydrogen (secondary N) is 1. The van der Waals surface area contributed by atoms with Gasteiger partial charge < -0.3 is 34.5 Å². The molecule has 1 aliphatic carbocycles. The van der Waals surface area contributed by atoms with Gasteiger partial charge in [-0.2, -0.15) is 9.97 Å². The lowest BCUT2D eigenvalue weighted by Crippen LogP contribution is -2.54. The number of anilines is 2. The summed E-state index contributed by atoms with van der Waals surface area (Å²) in [5.41, 5.74) is 0.160. The Morgan fingerprint density at radius 3 is 2.37 bits per heavy atom. The lowest BCUT2D eigenvalue weighted by atomic mass is 9.94. The van der Waals surface area contributed by atoms with E-state index >= 15 is 8.78 Å². The number of halogens is 2. The predicted molar refractivity (Wildman–Crippen MR) is 260 cm³/mol. The number of amides is 4. The van der Waals surface area contributed by atoms with Gasteiger partial charge in [-0.1, -0.05) is 12.0 Å². The molecule has 0 bridgehead atoms. The van der Waals surface area contributed by atoms with Crippen molar-refractivity contribution in [2.24, 2.45) is 11.3 Å². The van der Waals surface area contributed by atoms with Crippen LogP contribution in [-0.4, -0.2) is 147 Å². The number of fused-ring (bicyclic) bond motifs is 3. The molecule has 1 unspecified atom stereocenters. The van der Waals surface area contributed by atoms with Gasteiger partial charge in [0.05, 0.1) is 34.3 Å². The molecule has 18 heteroatoms. The number of pyridine rings is 1. The standard InChI is InChI=1S/C53H55F2N9O7/c1-3-35-40(54)8-5-32-23-34(65)25-38(43(32)35)45-44(55)46-39(26-56-45)47(63-16-4-13-52(2,70)28-63)59-51(58-46)71-30-53(14-15-53)29-61-21-19-60(20-22-61)27-31-11-17-62(18-12-31)33-6-7-36-37(24-33)50(69)64(49(36)68)41-9-10-42(66)57-48(41)67/h1,5-8,23-26,31,41,65,70H,4,9-22,27-30H2,2H3,(H,57,66,67)/t41?,52-/m1/s1. The number of aromatic hydroxyl groups is 1. The maximum Gasteiger partial charge on any atom is 0.319 e. The number of aliphatic hydroxyl groups is 1. The number of rotatable bonds is 11. The molecule has 11 rings (SSSR count). The average molecular weight is 968 g/mol. The normalized spacial score (nSPS) is 23.1. The molecule has 71 heavy (non-hydrogen) atoms. The van der Waals surface area contributed by atoms with Crippen molar-refractivity contribution in [2.75, 3.05) is 81.9 Å². The summed E-state index contributed by atoms with van der Waals surface area (Å²) in [7, 11) is 0. The molecule has 1 saturated carbocycles. The monoisotopic (exact) mass is 967 g/mol. The van der Waals surface area contributed by atoms with Crippen LogP contribution in [0.1, 0.15) is 84.6 Å². The molecule has 16 nitrogen and oxygen atoms in total. The SMILES string of the molecule is C#Cc1c(F)ccc2cc(O)cc(-c3ncc4c(N5CCC[C@@](C)(O)C5)nc(OCC5(CN6CCN(CC7CCN(c8ccc9c(c8)C(=O)N(C8CCC(=O)NC8=O)C9=O)CC7)CC6)CC5)nc4c3F)c12. The van der Waals surface area contributed by atoms with Crippen LogP contribution in [0.25, 0.3) is 32.9 Å². The maximum atomic E-state index is 17.1. The highest BCUT2D eigenvalue weighted by atomic mass is 19.1. The quantitative estimate of drug-likeness (QED) is 0.115. The van der Waals surface area contributed by atoms with Crippen LogP contribution >= 0.6 is 0 Å². The molecular weight excluding hydrogens is 913 g/mol. The Hall–Kier alpha value is -6.81. The molecule has 7 heterocycles. The largest absolute Gasteiger partial charge is 0.508 e. The first-order chi connectivity index (χ1) is 34.2. The number of β-amino-alcohol motifs (C(OH)–C–C–N with tert-alkyl or cyclic N) is 1. The van der Waals surface area contributed by atoms with Crippen LogP contribution in [0, 0.1) is 35.3 Å². The maximum absolute atomic E-state index is 17.1. The smallest absolute Gasteiger partial charge is 0.319 e. The second kappa shape index (κ2) is 18.1. The number of benzene rings is 3. The summed E-state index contributed by atoms with van der Waals surface area (Å²) in [5, 5.41) is 25.0. The molecular formula is C53H55F2N9O7. The summed E-state index contributed by atoms with van der Waals surface area (Å²) in [5.74, 6) is -0.369. The molecule has 3 N–H and O–H groups in total. The number of hydrogen-bond donors (Lipinski definition) is 3. The fourth-order valence-corrected chi connectivity index (χ4v) is 11.4. The molecule has 5 aromatic rings. The van der Waals surface area contributed by atoms with Crippen molar-refractivity contribution < 1.29 is 42.9 Å². The van der Waals surface area contributed by atoms with Crippen LogP contribution in [0.2, 0.25) is 0 Å². The number of carbonyl (C=O) groups is 4. The van der Waals surface area contributed by atoms with Gasteiger partial charge in [-0.3, -0.25) is 34.4 Å². The number of phenolic OH excluding ortho intramolecular Hbond substituents is 1. The fraction of sp³-hybridized carbons (Fsp3) is 0.453. The van der Waals surface area contributed by atoms with Crippen molar-refractivity contribution in [3.63, 3.8) is 0 Å². The highest BCUT2D eigenvalue weighted by Gasteiger charge is 2.47. The molecule has 4 saturated heterocycles. The second-order valence-corrected chi connectivity index (χ2v) is 20.7. The van der Waals surface area contributed by atoms with E-state index in [4.69, 9.17) is 16.1 Å². The van der Waals surface area contributed by atoms with E-state index in [9.17, 15) is 29.4 Å². The number of piperidine rings is 3. The van der Waals surface area contributed by atoms with E-state index in [2.05, 4.69) is 35.9 Å². The molecule has 5 fully saturated rings. The van der Waals surface area contributed by atoms with E-state index in [-0.39, 0.29) is 69.8 Å². The number of nitrogens with zero attached hydrogens (tertiary/aromatic N) is 8. The van der Waals surface area contributed by atoms with Crippen molar-refractivity contribution in [1.82, 2.24) is 35.0 Å². The molecule has 5 aliphatic heterocycles. The fourth-order valence-electron chi connectivity index (χ4n) is 11.4. The first-order valence-corrected chi connectivity index (χ1v) is 24.6. The number of ether oxygens (including phenoxy) is 1. The number of aromatic nitrogens is 3. The molecule has 6 aliphatic rings. The highest BCUT2D eigenvalue weighted by molar-refractivity contribution is 6.23. The molecule has 4 amide bonds. The van der Waals surface area contributed by atoms with Gasteiger partial charge in [0.15, 0.2) is 5.82 Å². The zero-order valence-corrected chi connectivity index (χ0v) is 39.6. The summed E-state index contributed by atoms with van der Waals surface area (Å²) in [6.45, 7) is 10.1. The lowest BCUT2D eigenvalue weighted by molar-refractivity contribution is -0.136. The Morgan fingerprint density at radius 2 is 1.63 bits per heavy atom. The first kappa shape index (κ1) is 46.6. The van der Waals surface area contributed by atoms with Gasteiger partial charge in [-0.25, -0.2) is 8.78 Å². The van der Waals surface area contributed by atoms with Crippen LogP contribution < -0.4 is 19.9 Å². The van der Waals surface area contributed by atoms with E-state index in [1.165, 1.54) is 30.5 Å². The van der Waals surface area contributed by atoms with Gasteiger partial charge in [-0.05, 0) is 99.6 Å². The number of imide groups is 2. The van der Waals surface area contributed by atoms with Gasteiger partial charge in [0, 0.05) is 100 Å². The molecule has 3 aromatic carbocycles. The Kier molecular flexibility index (Phi) is 11.9. The average Bonchev–Trinajstić information content (AvgIpc) is 4.08. The van der Waals surface area contributed by atoms with E-state index < -0.39 is 46.9 Å². The summed E-state index contributed by atoms with van der Waals surface area (Å²) >= 11 is 0. The van der Waals surface area contributed by atoms with Crippen molar-refractivity contribution in [1.29, 1.82) is 0 Å². The van der Waals surface area contributed by atoms with Gasteiger partial charge in [0.2, 0.25) is 11.8 Å². The first-order valence-electron chi connectivity index (χ1n) is 24.6. The third-order valence-corrected chi connectivity index (χ3v) is 15.5. The van der Waals surface area contributed by atoms with Crippen LogP contribution in [0.5, 0.6) is 11.8 Å². The van der Waals surface area contributed by atoms with Gasteiger partial charge in [0.25, 0.3) is 11.8 Å². The van der Waals surface area contributed by atoms with Crippen molar-refractivity contribution in [3.05, 3.63) is 77.0 Å². The Bertz CT molecular complexity index is 3070. The molecule has 0 radical (unpaired) electrons. The number of piperazine rings is 1. The highest BCUT2D eigenvalue weighted by Crippen LogP contribution is 2.47.